The first-order valence-corrected chi connectivity index (χ1v) is 7.77. The largest absolute Gasteiger partial charge is 0.298 e. The van der Waals surface area contributed by atoms with Crippen LogP contribution in [0.5, 0.6) is 0 Å². The fourth-order valence-electron chi connectivity index (χ4n) is 2.03. The zero-order valence-corrected chi connectivity index (χ0v) is 13.3. The molecule has 0 bridgehead atoms. The summed E-state index contributed by atoms with van der Waals surface area (Å²) in [7, 11) is 0. The topological polar surface area (TPSA) is 54.9 Å². The Morgan fingerprint density at radius 2 is 2.00 bits per heavy atom. The highest BCUT2D eigenvalue weighted by atomic mass is 35.5. The van der Waals surface area contributed by atoms with Crippen LogP contribution in [0.1, 0.15) is 15.2 Å². The van der Waals surface area contributed by atoms with Crippen LogP contribution in [-0.2, 0) is 0 Å². The number of amides is 1. The molecule has 2 aromatic heterocycles. The third-order valence-electron chi connectivity index (χ3n) is 3.06. The Morgan fingerprint density at radius 1 is 1.23 bits per heavy atom. The highest BCUT2D eigenvalue weighted by Gasteiger charge is 2.13. The number of rotatable bonds is 3. The Balaban J connectivity index is 1.85. The lowest BCUT2D eigenvalue weighted by Crippen LogP contribution is -2.11. The van der Waals surface area contributed by atoms with Gasteiger partial charge in [-0.05, 0) is 31.2 Å². The highest BCUT2D eigenvalue weighted by Crippen LogP contribution is 2.31. The Hall–Kier alpha value is -2.24. The molecule has 1 amide bonds. The van der Waals surface area contributed by atoms with E-state index in [4.69, 9.17) is 11.6 Å². The number of carbonyl (C=O) groups excluding carboxylic acids is 1. The lowest BCUT2D eigenvalue weighted by Gasteiger charge is -2.01. The second-order valence-electron chi connectivity index (χ2n) is 4.62. The number of anilines is 1. The fourth-order valence-corrected chi connectivity index (χ4v) is 3.05. The van der Waals surface area contributed by atoms with Crippen molar-refractivity contribution in [1.29, 1.82) is 0 Å². The van der Waals surface area contributed by atoms with Crippen LogP contribution in [0.2, 0.25) is 5.02 Å². The molecule has 22 heavy (non-hydrogen) atoms. The number of halogens is 1. The van der Waals surface area contributed by atoms with Crippen LogP contribution in [0.25, 0.3) is 11.3 Å². The van der Waals surface area contributed by atoms with Gasteiger partial charge in [0.15, 0.2) is 5.13 Å². The molecular weight excluding hydrogens is 318 g/mol. The summed E-state index contributed by atoms with van der Waals surface area (Å²) >= 11 is 7.45. The minimum Gasteiger partial charge on any atom is -0.298 e. The number of hydrogen-bond acceptors (Lipinski definition) is 4. The molecule has 1 aromatic carbocycles. The van der Waals surface area contributed by atoms with Crippen molar-refractivity contribution in [2.45, 2.75) is 6.92 Å². The summed E-state index contributed by atoms with van der Waals surface area (Å²) in [6, 6.07) is 10.8. The third-order valence-corrected chi connectivity index (χ3v) is 4.18. The van der Waals surface area contributed by atoms with E-state index in [0.29, 0.717) is 15.7 Å². The van der Waals surface area contributed by atoms with Gasteiger partial charge in [0.2, 0.25) is 0 Å². The van der Waals surface area contributed by atoms with E-state index in [1.165, 1.54) is 11.3 Å². The maximum absolute atomic E-state index is 12.1. The summed E-state index contributed by atoms with van der Waals surface area (Å²) in [5.74, 6) is -0.200. The molecule has 4 nitrogen and oxygen atoms in total. The van der Waals surface area contributed by atoms with E-state index in [0.717, 1.165) is 16.1 Å². The Morgan fingerprint density at radius 3 is 2.73 bits per heavy atom. The minimum absolute atomic E-state index is 0.200. The van der Waals surface area contributed by atoms with Gasteiger partial charge in [-0.15, -0.1) is 11.3 Å². The molecule has 0 saturated heterocycles. The van der Waals surface area contributed by atoms with Crippen LogP contribution in [0.3, 0.4) is 0 Å². The molecule has 6 heteroatoms. The van der Waals surface area contributed by atoms with Gasteiger partial charge in [-0.2, -0.15) is 0 Å². The summed E-state index contributed by atoms with van der Waals surface area (Å²) in [6.45, 7) is 1.97. The number of benzene rings is 1. The Kier molecular flexibility index (Phi) is 4.18. The molecule has 0 spiro atoms. The van der Waals surface area contributed by atoms with Crippen LogP contribution in [0, 0.1) is 6.92 Å². The lowest BCUT2D eigenvalue weighted by atomic mass is 10.1. The standard InChI is InChI=1S/C16H12ClN3OS/c1-10-14(12-3-2-4-13(17)9-12)19-16(22-10)20-15(21)11-5-7-18-8-6-11/h2-9H,1H3,(H,19,20,21). The number of pyridine rings is 1. The number of nitrogens with one attached hydrogen (secondary N) is 1. The average Bonchev–Trinajstić information content (AvgIpc) is 2.88. The number of aromatic nitrogens is 2. The summed E-state index contributed by atoms with van der Waals surface area (Å²) < 4.78 is 0. The summed E-state index contributed by atoms with van der Waals surface area (Å²) in [5.41, 5.74) is 2.32. The van der Waals surface area contributed by atoms with E-state index < -0.39 is 0 Å². The summed E-state index contributed by atoms with van der Waals surface area (Å²) in [5, 5.41) is 4.04. The predicted octanol–water partition coefficient (Wildman–Crippen LogP) is 4.42. The summed E-state index contributed by atoms with van der Waals surface area (Å²) in [6.07, 6.45) is 3.17. The zero-order valence-electron chi connectivity index (χ0n) is 11.7. The average molecular weight is 330 g/mol. The third kappa shape index (κ3) is 3.16. The number of thiazole rings is 1. The van der Waals surface area contributed by atoms with Crippen molar-refractivity contribution in [1.82, 2.24) is 9.97 Å². The molecule has 0 aliphatic carbocycles. The maximum atomic E-state index is 12.1. The molecule has 1 N–H and O–H groups in total. The molecular formula is C16H12ClN3OS. The second-order valence-corrected chi connectivity index (χ2v) is 6.26. The van der Waals surface area contributed by atoms with Crippen molar-refractivity contribution < 1.29 is 4.79 Å². The summed E-state index contributed by atoms with van der Waals surface area (Å²) in [4.78, 5) is 21.5. The first-order chi connectivity index (χ1) is 10.6. The fraction of sp³-hybridized carbons (Fsp3) is 0.0625. The van der Waals surface area contributed by atoms with E-state index in [-0.39, 0.29) is 5.91 Å². The van der Waals surface area contributed by atoms with Crippen LogP contribution in [0.4, 0.5) is 5.13 Å². The van der Waals surface area contributed by atoms with Crippen LogP contribution in [0.15, 0.2) is 48.8 Å². The van der Waals surface area contributed by atoms with Gasteiger partial charge in [0.1, 0.15) is 0 Å². The molecule has 0 unspecified atom stereocenters. The molecule has 2 heterocycles. The van der Waals surface area contributed by atoms with Crippen molar-refractivity contribution in [3.05, 3.63) is 64.3 Å². The van der Waals surface area contributed by atoms with Gasteiger partial charge in [0.05, 0.1) is 5.69 Å². The van der Waals surface area contributed by atoms with Crippen molar-refractivity contribution >= 4 is 34.0 Å². The smallest absolute Gasteiger partial charge is 0.257 e. The van der Waals surface area contributed by atoms with Crippen molar-refractivity contribution in [2.24, 2.45) is 0 Å². The lowest BCUT2D eigenvalue weighted by molar-refractivity contribution is 0.102. The minimum atomic E-state index is -0.200. The number of aryl methyl sites for hydroxylation is 1. The number of hydrogen-bond donors (Lipinski definition) is 1. The van der Waals surface area contributed by atoms with Gasteiger partial charge in [-0.25, -0.2) is 4.98 Å². The van der Waals surface area contributed by atoms with Crippen LogP contribution in [-0.4, -0.2) is 15.9 Å². The molecule has 3 aromatic rings. The van der Waals surface area contributed by atoms with E-state index in [1.807, 2.05) is 31.2 Å². The Labute approximate surface area is 136 Å². The number of carbonyl (C=O) groups is 1. The molecule has 0 atom stereocenters. The van der Waals surface area contributed by atoms with E-state index in [1.54, 1.807) is 24.5 Å². The first kappa shape index (κ1) is 14.7. The normalized spacial score (nSPS) is 10.5. The number of nitrogens with zero attached hydrogens (tertiary/aromatic N) is 2. The van der Waals surface area contributed by atoms with Gasteiger partial charge in [0.25, 0.3) is 5.91 Å². The van der Waals surface area contributed by atoms with Gasteiger partial charge in [0, 0.05) is 33.4 Å². The van der Waals surface area contributed by atoms with Crippen molar-refractivity contribution in [2.75, 3.05) is 5.32 Å². The van der Waals surface area contributed by atoms with Crippen molar-refractivity contribution in [3.63, 3.8) is 0 Å². The van der Waals surface area contributed by atoms with E-state index in [9.17, 15) is 4.79 Å². The molecule has 3 rings (SSSR count). The quantitative estimate of drug-likeness (QED) is 0.774. The van der Waals surface area contributed by atoms with Crippen LogP contribution < -0.4 is 5.32 Å². The maximum Gasteiger partial charge on any atom is 0.257 e. The van der Waals surface area contributed by atoms with Crippen LogP contribution >= 0.6 is 22.9 Å². The highest BCUT2D eigenvalue weighted by molar-refractivity contribution is 7.16. The molecule has 0 fully saturated rings. The van der Waals surface area contributed by atoms with Gasteiger partial charge < -0.3 is 0 Å². The molecule has 0 radical (unpaired) electrons. The van der Waals surface area contributed by atoms with Gasteiger partial charge in [-0.1, -0.05) is 23.7 Å². The van der Waals surface area contributed by atoms with Gasteiger partial charge >= 0.3 is 0 Å². The monoisotopic (exact) mass is 329 g/mol. The van der Waals surface area contributed by atoms with Gasteiger partial charge in [-0.3, -0.25) is 15.1 Å². The van der Waals surface area contributed by atoms with Crippen molar-refractivity contribution in [3.8, 4) is 11.3 Å². The van der Waals surface area contributed by atoms with E-state index in [2.05, 4.69) is 15.3 Å². The Bertz CT molecular complexity index is 817. The molecule has 110 valence electrons. The van der Waals surface area contributed by atoms with E-state index >= 15 is 0 Å². The second kappa shape index (κ2) is 6.25. The molecule has 0 aliphatic rings. The molecule has 0 aliphatic heterocycles. The molecule has 0 saturated carbocycles. The zero-order chi connectivity index (χ0) is 15.5. The SMILES string of the molecule is Cc1sc(NC(=O)c2ccncc2)nc1-c1cccc(Cl)c1. The first-order valence-electron chi connectivity index (χ1n) is 6.58. The predicted molar refractivity (Wildman–Crippen MR) is 89.5 cm³/mol.